The third-order valence-corrected chi connectivity index (χ3v) is 6.23. The van der Waals surface area contributed by atoms with Crippen molar-refractivity contribution in [1.82, 2.24) is 4.31 Å². The fourth-order valence-corrected chi connectivity index (χ4v) is 4.12. The summed E-state index contributed by atoms with van der Waals surface area (Å²) in [5.74, 6) is 0.468. The summed E-state index contributed by atoms with van der Waals surface area (Å²) in [6.07, 6.45) is 1.69. The highest BCUT2D eigenvalue weighted by atomic mass is 32.2. The molecule has 0 atom stereocenters. The van der Waals surface area contributed by atoms with Gasteiger partial charge in [0.15, 0.2) is 0 Å². The third-order valence-electron chi connectivity index (χ3n) is 4.21. The molecule has 0 spiro atoms. The number of rotatable bonds is 7. The Morgan fingerprint density at radius 3 is 2.36 bits per heavy atom. The zero-order valence-electron chi connectivity index (χ0n) is 13.4. The van der Waals surface area contributed by atoms with Gasteiger partial charge in [0.1, 0.15) is 0 Å². The summed E-state index contributed by atoms with van der Waals surface area (Å²) in [4.78, 5) is 2.07. The average Bonchev–Trinajstić information content (AvgIpc) is 2.53. The number of nitrogens with zero attached hydrogens (tertiary/aromatic N) is 2. The highest BCUT2D eigenvalue weighted by Gasteiger charge is 2.25. The number of anilines is 1. The molecule has 1 fully saturated rings. The van der Waals surface area contributed by atoms with Crippen LogP contribution >= 0.6 is 0 Å². The van der Waals surface area contributed by atoms with Gasteiger partial charge in [-0.25, -0.2) is 12.7 Å². The summed E-state index contributed by atoms with van der Waals surface area (Å²) >= 11 is 0. The lowest BCUT2D eigenvalue weighted by molar-refractivity contribution is 0.0721. The minimum absolute atomic E-state index is 0.230. The van der Waals surface area contributed by atoms with Gasteiger partial charge in [-0.15, -0.1) is 0 Å². The summed E-state index contributed by atoms with van der Waals surface area (Å²) in [6.45, 7) is 2.53. The Balaban J connectivity index is 1.83. The van der Waals surface area contributed by atoms with E-state index in [4.69, 9.17) is 4.74 Å². The molecule has 1 aliphatic heterocycles. The SMILES string of the molecule is CN(CCN(C)S(=O)(=O)CC1CCOCC1)c1ccccc1. The van der Waals surface area contributed by atoms with E-state index in [1.165, 1.54) is 4.31 Å². The molecule has 0 N–H and O–H groups in total. The number of para-hydroxylation sites is 1. The van der Waals surface area contributed by atoms with Crippen molar-refractivity contribution in [2.24, 2.45) is 5.92 Å². The van der Waals surface area contributed by atoms with Crippen LogP contribution < -0.4 is 4.90 Å². The Labute approximate surface area is 133 Å². The maximum atomic E-state index is 12.4. The third kappa shape index (κ3) is 4.97. The molecule has 0 bridgehead atoms. The van der Waals surface area contributed by atoms with Crippen LogP contribution in [0, 0.1) is 5.92 Å². The molecule has 0 saturated carbocycles. The summed E-state index contributed by atoms with van der Waals surface area (Å²) in [7, 11) is 0.468. The van der Waals surface area contributed by atoms with Gasteiger partial charge in [-0.05, 0) is 30.9 Å². The molecule has 0 aliphatic carbocycles. The summed E-state index contributed by atoms with van der Waals surface area (Å²) in [5.41, 5.74) is 1.10. The Bertz CT molecular complexity index is 542. The maximum Gasteiger partial charge on any atom is 0.214 e. The number of likely N-dealkylation sites (N-methyl/N-ethyl adjacent to an activating group) is 2. The first kappa shape index (κ1) is 17.2. The van der Waals surface area contributed by atoms with Crippen LogP contribution in [0.1, 0.15) is 12.8 Å². The molecule has 0 amide bonds. The molecular formula is C16H26N2O3S. The predicted octanol–water partition coefficient (Wildman–Crippen LogP) is 1.81. The van der Waals surface area contributed by atoms with Crippen molar-refractivity contribution in [2.45, 2.75) is 12.8 Å². The summed E-state index contributed by atoms with van der Waals surface area (Å²) in [5, 5.41) is 0. The first-order chi connectivity index (χ1) is 10.5. The van der Waals surface area contributed by atoms with E-state index in [0.29, 0.717) is 26.3 Å². The number of ether oxygens (including phenoxy) is 1. The van der Waals surface area contributed by atoms with Crippen molar-refractivity contribution in [3.63, 3.8) is 0 Å². The molecular weight excluding hydrogens is 300 g/mol. The average molecular weight is 326 g/mol. The van der Waals surface area contributed by atoms with Gasteiger partial charge in [0.2, 0.25) is 10.0 Å². The molecule has 1 heterocycles. The fraction of sp³-hybridized carbons (Fsp3) is 0.625. The fourth-order valence-electron chi connectivity index (χ4n) is 2.58. The molecule has 124 valence electrons. The number of hydrogen-bond acceptors (Lipinski definition) is 4. The van der Waals surface area contributed by atoms with Crippen LogP contribution in [0.5, 0.6) is 0 Å². The van der Waals surface area contributed by atoms with Gasteiger partial charge in [-0.2, -0.15) is 0 Å². The molecule has 1 aliphatic rings. The van der Waals surface area contributed by atoms with E-state index in [2.05, 4.69) is 4.90 Å². The van der Waals surface area contributed by atoms with Crippen molar-refractivity contribution in [3.8, 4) is 0 Å². The van der Waals surface area contributed by atoms with E-state index in [1.54, 1.807) is 7.05 Å². The van der Waals surface area contributed by atoms with Crippen molar-refractivity contribution >= 4 is 15.7 Å². The highest BCUT2D eigenvalue weighted by Crippen LogP contribution is 2.18. The second-order valence-electron chi connectivity index (χ2n) is 5.91. The Morgan fingerprint density at radius 1 is 1.09 bits per heavy atom. The van der Waals surface area contributed by atoms with Crippen molar-refractivity contribution in [2.75, 3.05) is 51.1 Å². The van der Waals surface area contributed by atoms with Crippen LogP contribution in [0.15, 0.2) is 30.3 Å². The van der Waals surface area contributed by atoms with Gasteiger partial charge in [-0.1, -0.05) is 18.2 Å². The van der Waals surface area contributed by atoms with Gasteiger partial charge < -0.3 is 9.64 Å². The second kappa shape index (κ2) is 7.94. The highest BCUT2D eigenvalue weighted by molar-refractivity contribution is 7.89. The molecule has 22 heavy (non-hydrogen) atoms. The van der Waals surface area contributed by atoms with Crippen LogP contribution in [0.25, 0.3) is 0 Å². The molecule has 6 heteroatoms. The molecule has 2 rings (SSSR count). The van der Waals surface area contributed by atoms with Crippen LogP contribution in [0.4, 0.5) is 5.69 Å². The monoisotopic (exact) mass is 326 g/mol. The van der Waals surface area contributed by atoms with Gasteiger partial charge in [0.25, 0.3) is 0 Å². The first-order valence-corrected chi connectivity index (χ1v) is 9.38. The van der Waals surface area contributed by atoms with Gasteiger partial charge in [-0.3, -0.25) is 0 Å². The normalized spacial score (nSPS) is 16.9. The van der Waals surface area contributed by atoms with Crippen LogP contribution in [0.2, 0.25) is 0 Å². The summed E-state index contributed by atoms with van der Waals surface area (Å²) < 4.78 is 31.6. The molecule has 0 radical (unpaired) electrons. The van der Waals surface area contributed by atoms with E-state index in [9.17, 15) is 8.42 Å². The number of sulfonamides is 1. The molecule has 0 aromatic heterocycles. The lowest BCUT2D eigenvalue weighted by atomic mass is 10.0. The second-order valence-corrected chi connectivity index (χ2v) is 8.03. The lowest BCUT2D eigenvalue weighted by Gasteiger charge is -2.26. The topological polar surface area (TPSA) is 49.9 Å². The van der Waals surface area contributed by atoms with Gasteiger partial charge in [0.05, 0.1) is 5.75 Å². The van der Waals surface area contributed by atoms with E-state index in [1.807, 2.05) is 37.4 Å². The van der Waals surface area contributed by atoms with Crippen molar-refractivity contribution in [1.29, 1.82) is 0 Å². The van der Waals surface area contributed by atoms with Crippen molar-refractivity contribution in [3.05, 3.63) is 30.3 Å². The van der Waals surface area contributed by atoms with Crippen molar-refractivity contribution < 1.29 is 13.2 Å². The lowest BCUT2D eigenvalue weighted by Crippen LogP contribution is -2.38. The minimum Gasteiger partial charge on any atom is -0.381 e. The Kier molecular flexibility index (Phi) is 6.23. The quantitative estimate of drug-likeness (QED) is 0.767. The van der Waals surface area contributed by atoms with Crippen LogP contribution in [0.3, 0.4) is 0 Å². The van der Waals surface area contributed by atoms with E-state index < -0.39 is 10.0 Å². The molecule has 0 unspecified atom stereocenters. The standard InChI is InChI=1S/C16H26N2O3S/c1-17(16-6-4-3-5-7-16)10-11-18(2)22(19,20)14-15-8-12-21-13-9-15/h3-7,15H,8-14H2,1-2H3. The Morgan fingerprint density at radius 2 is 1.73 bits per heavy atom. The number of hydrogen-bond donors (Lipinski definition) is 0. The maximum absolute atomic E-state index is 12.4. The van der Waals surface area contributed by atoms with E-state index in [0.717, 1.165) is 18.5 Å². The van der Waals surface area contributed by atoms with E-state index in [-0.39, 0.29) is 11.7 Å². The molecule has 5 nitrogen and oxygen atoms in total. The molecule has 1 aromatic rings. The zero-order chi connectivity index (χ0) is 16.0. The first-order valence-electron chi connectivity index (χ1n) is 7.77. The Hall–Kier alpha value is -1.11. The zero-order valence-corrected chi connectivity index (χ0v) is 14.3. The summed E-state index contributed by atoms with van der Waals surface area (Å²) in [6, 6.07) is 9.99. The molecule has 1 saturated heterocycles. The van der Waals surface area contributed by atoms with Gasteiger partial charge in [0, 0.05) is 46.1 Å². The van der Waals surface area contributed by atoms with E-state index >= 15 is 0 Å². The largest absolute Gasteiger partial charge is 0.381 e. The minimum atomic E-state index is -3.19. The van der Waals surface area contributed by atoms with Gasteiger partial charge >= 0.3 is 0 Å². The van der Waals surface area contributed by atoms with Crippen LogP contribution in [-0.2, 0) is 14.8 Å². The number of benzene rings is 1. The van der Waals surface area contributed by atoms with Crippen LogP contribution in [-0.4, -0.2) is 58.9 Å². The molecule has 1 aromatic carbocycles. The smallest absolute Gasteiger partial charge is 0.214 e. The predicted molar refractivity (Wildman–Crippen MR) is 89.7 cm³/mol.